The minimum Gasteiger partial charge on any atom is -0.507 e. The maximum absolute atomic E-state index is 13.2. The summed E-state index contributed by atoms with van der Waals surface area (Å²) in [6.07, 6.45) is 4.68. The van der Waals surface area contributed by atoms with Crippen LogP contribution >= 0.6 is 0 Å². The van der Waals surface area contributed by atoms with E-state index in [-0.39, 0.29) is 29.5 Å². The molecular formula is C28H34N4O3. The molecule has 4 rings (SSSR count). The standard InChI is InChI=1S/C28H34N4O3/c1-18(2)14-27(34)30-22-12-13-26(33)23(15-22)24-16-25(21-6-4-5-7-21)32(31-24)28(35)29-17-20-10-8-19(3)9-11-20/h8-13,15-16,18,21,33H,4-7,14,17H2,1-3H3,(H,29,35)(H,30,34). The van der Waals surface area contributed by atoms with Crippen molar-refractivity contribution in [3.05, 3.63) is 65.4 Å². The molecule has 7 heteroatoms. The lowest BCUT2D eigenvalue weighted by Crippen LogP contribution is -2.30. The molecule has 0 saturated heterocycles. The number of nitrogens with one attached hydrogen (secondary N) is 2. The molecule has 0 spiro atoms. The maximum atomic E-state index is 13.2. The smallest absolute Gasteiger partial charge is 0.342 e. The normalized spacial score (nSPS) is 13.8. The summed E-state index contributed by atoms with van der Waals surface area (Å²) < 4.78 is 1.45. The van der Waals surface area contributed by atoms with E-state index in [9.17, 15) is 14.7 Å². The second-order valence-corrected chi connectivity index (χ2v) is 9.87. The maximum Gasteiger partial charge on any atom is 0.342 e. The molecule has 1 saturated carbocycles. The lowest BCUT2D eigenvalue weighted by molar-refractivity contribution is -0.116. The predicted molar refractivity (Wildman–Crippen MR) is 137 cm³/mol. The summed E-state index contributed by atoms with van der Waals surface area (Å²) in [7, 11) is 0. The number of carbonyl (C=O) groups is 2. The van der Waals surface area contributed by atoms with Gasteiger partial charge in [-0.1, -0.05) is 56.5 Å². The first-order chi connectivity index (χ1) is 16.8. The zero-order chi connectivity index (χ0) is 24.9. The van der Waals surface area contributed by atoms with Gasteiger partial charge in [0.2, 0.25) is 5.91 Å². The zero-order valence-electron chi connectivity index (χ0n) is 20.7. The number of phenols is 1. The van der Waals surface area contributed by atoms with Crippen LogP contribution in [-0.4, -0.2) is 26.8 Å². The summed E-state index contributed by atoms with van der Waals surface area (Å²) in [5.41, 5.74) is 4.62. The van der Waals surface area contributed by atoms with Crippen molar-refractivity contribution in [3.8, 4) is 17.0 Å². The van der Waals surface area contributed by atoms with Crippen LogP contribution in [0, 0.1) is 12.8 Å². The Morgan fingerprint density at radius 1 is 1.09 bits per heavy atom. The van der Waals surface area contributed by atoms with E-state index in [1.165, 1.54) is 10.2 Å². The minimum atomic E-state index is -0.292. The molecule has 2 aromatic carbocycles. The van der Waals surface area contributed by atoms with Crippen LogP contribution in [0.4, 0.5) is 10.5 Å². The Balaban J connectivity index is 1.60. The van der Waals surface area contributed by atoms with Crippen LogP contribution in [0.2, 0.25) is 0 Å². The third-order valence-electron chi connectivity index (χ3n) is 6.42. The molecule has 1 aliphatic rings. The van der Waals surface area contributed by atoms with Gasteiger partial charge in [-0.3, -0.25) is 4.79 Å². The molecule has 2 amide bonds. The Morgan fingerprint density at radius 3 is 2.49 bits per heavy atom. The van der Waals surface area contributed by atoms with Gasteiger partial charge in [0, 0.05) is 30.1 Å². The summed E-state index contributed by atoms with van der Waals surface area (Å²) in [5.74, 6) is 0.464. The number of phenolic OH excluding ortho intramolecular Hbond substituents is 1. The van der Waals surface area contributed by atoms with Gasteiger partial charge < -0.3 is 15.7 Å². The average Bonchev–Trinajstić information content (AvgIpc) is 3.49. The van der Waals surface area contributed by atoms with Crippen LogP contribution in [0.3, 0.4) is 0 Å². The largest absolute Gasteiger partial charge is 0.507 e. The van der Waals surface area contributed by atoms with Gasteiger partial charge in [0.25, 0.3) is 0 Å². The van der Waals surface area contributed by atoms with Gasteiger partial charge in [-0.05, 0) is 55.5 Å². The van der Waals surface area contributed by atoms with Crippen molar-refractivity contribution in [1.82, 2.24) is 15.1 Å². The highest BCUT2D eigenvalue weighted by molar-refractivity contribution is 5.92. The van der Waals surface area contributed by atoms with Crippen molar-refractivity contribution in [3.63, 3.8) is 0 Å². The van der Waals surface area contributed by atoms with Gasteiger partial charge >= 0.3 is 6.03 Å². The highest BCUT2D eigenvalue weighted by Gasteiger charge is 2.26. The second-order valence-electron chi connectivity index (χ2n) is 9.87. The van der Waals surface area contributed by atoms with Crippen LogP contribution in [0.1, 0.15) is 68.7 Å². The van der Waals surface area contributed by atoms with E-state index in [2.05, 4.69) is 15.7 Å². The first kappa shape index (κ1) is 24.5. The Kier molecular flexibility index (Phi) is 7.54. The number of hydrogen-bond acceptors (Lipinski definition) is 4. The summed E-state index contributed by atoms with van der Waals surface area (Å²) in [5, 5.41) is 21.1. The SMILES string of the molecule is Cc1ccc(CNC(=O)n2nc(-c3cc(NC(=O)CC(C)C)ccc3O)cc2C2CCCC2)cc1. The number of anilines is 1. The van der Waals surface area contributed by atoms with Crippen LogP contribution in [-0.2, 0) is 11.3 Å². The van der Waals surface area contributed by atoms with Crippen molar-refractivity contribution < 1.29 is 14.7 Å². The lowest BCUT2D eigenvalue weighted by atomic mass is 10.0. The number of rotatable bonds is 7. The summed E-state index contributed by atoms with van der Waals surface area (Å²) in [4.78, 5) is 25.4. The fourth-order valence-electron chi connectivity index (χ4n) is 4.56. The van der Waals surface area contributed by atoms with Gasteiger partial charge in [-0.15, -0.1) is 0 Å². The van der Waals surface area contributed by atoms with Crippen LogP contribution in [0.15, 0.2) is 48.5 Å². The van der Waals surface area contributed by atoms with E-state index < -0.39 is 0 Å². The molecule has 0 unspecified atom stereocenters. The number of aromatic nitrogens is 2. The number of hydrogen-bond donors (Lipinski definition) is 3. The Bertz CT molecular complexity index is 1190. The Morgan fingerprint density at radius 2 is 1.80 bits per heavy atom. The van der Waals surface area contributed by atoms with Crippen molar-refractivity contribution in [2.75, 3.05) is 5.32 Å². The van der Waals surface area contributed by atoms with Crippen molar-refractivity contribution in [1.29, 1.82) is 0 Å². The van der Waals surface area contributed by atoms with Gasteiger partial charge in [0.1, 0.15) is 5.75 Å². The van der Waals surface area contributed by atoms with Gasteiger partial charge in [-0.2, -0.15) is 9.78 Å². The van der Waals surface area contributed by atoms with Gasteiger partial charge in [0.15, 0.2) is 0 Å². The average molecular weight is 475 g/mol. The van der Waals surface area contributed by atoms with Gasteiger partial charge in [-0.25, -0.2) is 4.79 Å². The highest BCUT2D eigenvalue weighted by atomic mass is 16.3. The third-order valence-corrected chi connectivity index (χ3v) is 6.42. The summed E-state index contributed by atoms with van der Waals surface area (Å²) in [6, 6.07) is 14.6. The monoisotopic (exact) mass is 474 g/mol. The quantitative estimate of drug-likeness (QED) is 0.368. The van der Waals surface area contributed by atoms with Crippen molar-refractivity contribution >= 4 is 17.6 Å². The fourth-order valence-corrected chi connectivity index (χ4v) is 4.56. The molecule has 1 aliphatic carbocycles. The lowest BCUT2D eigenvalue weighted by Gasteiger charge is -2.12. The zero-order valence-corrected chi connectivity index (χ0v) is 20.7. The number of carbonyl (C=O) groups excluding carboxylic acids is 2. The van der Waals surface area contributed by atoms with Crippen LogP contribution < -0.4 is 10.6 Å². The molecule has 3 N–H and O–H groups in total. The topological polar surface area (TPSA) is 96.3 Å². The molecular weight excluding hydrogens is 440 g/mol. The molecule has 1 heterocycles. The molecule has 3 aromatic rings. The number of benzene rings is 2. The van der Waals surface area contributed by atoms with Crippen LogP contribution in [0.25, 0.3) is 11.3 Å². The van der Waals surface area contributed by atoms with E-state index >= 15 is 0 Å². The first-order valence-corrected chi connectivity index (χ1v) is 12.4. The highest BCUT2D eigenvalue weighted by Crippen LogP contribution is 2.38. The van der Waals surface area contributed by atoms with E-state index in [4.69, 9.17) is 0 Å². The number of aromatic hydroxyl groups is 1. The molecule has 0 bridgehead atoms. The fraction of sp³-hybridized carbons (Fsp3) is 0.393. The molecule has 0 radical (unpaired) electrons. The van der Waals surface area contributed by atoms with E-state index in [0.717, 1.165) is 36.9 Å². The molecule has 0 atom stereocenters. The number of aryl methyl sites for hydroxylation is 1. The van der Waals surface area contributed by atoms with Gasteiger partial charge in [0.05, 0.1) is 11.4 Å². The number of amides is 2. The first-order valence-electron chi connectivity index (χ1n) is 12.4. The Hall–Kier alpha value is -3.61. The van der Waals surface area contributed by atoms with E-state index in [1.54, 1.807) is 18.2 Å². The molecule has 1 fully saturated rings. The predicted octanol–water partition coefficient (Wildman–Crippen LogP) is 5.96. The second kappa shape index (κ2) is 10.8. The Labute approximate surface area is 206 Å². The van der Waals surface area contributed by atoms with E-state index in [0.29, 0.717) is 29.9 Å². The summed E-state index contributed by atoms with van der Waals surface area (Å²) in [6.45, 7) is 6.41. The molecule has 0 aliphatic heterocycles. The molecule has 1 aromatic heterocycles. The summed E-state index contributed by atoms with van der Waals surface area (Å²) >= 11 is 0. The number of nitrogens with zero attached hydrogens (tertiary/aromatic N) is 2. The molecule has 7 nitrogen and oxygen atoms in total. The van der Waals surface area contributed by atoms with E-state index in [1.807, 2.05) is 51.1 Å². The minimum absolute atomic E-state index is 0.0505. The van der Waals surface area contributed by atoms with Crippen molar-refractivity contribution in [2.24, 2.45) is 5.92 Å². The van der Waals surface area contributed by atoms with Crippen molar-refractivity contribution in [2.45, 2.75) is 65.3 Å². The third kappa shape index (κ3) is 6.10. The molecule has 35 heavy (non-hydrogen) atoms. The molecule has 184 valence electrons. The van der Waals surface area contributed by atoms with Crippen LogP contribution in [0.5, 0.6) is 5.75 Å².